The van der Waals surface area contributed by atoms with Gasteiger partial charge in [0.2, 0.25) is 5.91 Å². The lowest BCUT2D eigenvalue weighted by molar-refractivity contribution is -0.220. The van der Waals surface area contributed by atoms with E-state index in [0.29, 0.717) is 26.2 Å². The quantitative estimate of drug-likeness (QED) is 0.820. The summed E-state index contributed by atoms with van der Waals surface area (Å²) < 4.78 is 12.5. The highest BCUT2D eigenvalue weighted by Crippen LogP contribution is 2.41. The van der Waals surface area contributed by atoms with E-state index in [1.54, 1.807) is 0 Å². The van der Waals surface area contributed by atoms with E-state index in [4.69, 9.17) is 9.47 Å². The molecule has 1 unspecified atom stereocenters. The highest BCUT2D eigenvalue weighted by atomic mass is 16.6. The predicted molar refractivity (Wildman–Crippen MR) is 99.2 cm³/mol. The van der Waals surface area contributed by atoms with Gasteiger partial charge in [0.25, 0.3) is 0 Å². The first kappa shape index (κ1) is 17.3. The van der Waals surface area contributed by atoms with Crippen LogP contribution in [0.1, 0.15) is 36.8 Å². The predicted octanol–water partition coefficient (Wildman–Crippen LogP) is 3.90. The van der Waals surface area contributed by atoms with Crippen LogP contribution in [0.4, 0.5) is 0 Å². The molecule has 0 aliphatic carbocycles. The molecule has 26 heavy (non-hydrogen) atoms. The second-order valence-electron chi connectivity index (χ2n) is 7.11. The Hall–Kier alpha value is -2.17. The molecule has 136 valence electrons. The van der Waals surface area contributed by atoms with Crippen molar-refractivity contribution in [2.75, 3.05) is 6.61 Å². The highest BCUT2D eigenvalue weighted by molar-refractivity contribution is 5.80. The molecule has 4 nitrogen and oxygen atoms in total. The largest absolute Gasteiger partial charge is 0.368 e. The van der Waals surface area contributed by atoms with Crippen LogP contribution < -0.4 is 0 Å². The Bertz CT molecular complexity index is 726. The molecule has 1 spiro atoms. The van der Waals surface area contributed by atoms with E-state index in [-0.39, 0.29) is 12.0 Å². The maximum absolute atomic E-state index is 12.8. The van der Waals surface area contributed by atoms with Gasteiger partial charge in [-0.05, 0) is 30.4 Å². The van der Waals surface area contributed by atoms with Gasteiger partial charge in [-0.3, -0.25) is 4.79 Å². The SMILES string of the molecule is O=C1CC(OCc2ccccc2)[C@]2(CCCCO2)N1Cc1ccccc1. The van der Waals surface area contributed by atoms with Gasteiger partial charge in [-0.25, -0.2) is 0 Å². The van der Waals surface area contributed by atoms with Gasteiger partial charge >= 0.3 is 0 Å². The molecule has 2 atom stereocenters. The van der Waals surface area contributed by atoms with Crippen molar-refractivity contribution in [3.05, 3.63) is 71.8 Å². The lowest BCUT2D eigenvalue weighted by Crippen LogP contribution is -2.55. The van der Waals surface area contributed by atoms with E-state index >= 15 is 0 Å². The number of hydrogen-bond acceptors (Lipinski definition) is 3. The normalized spacial score (nSPS) is 25.8. The maximum atomic E-state index is 12.8. The number of nitrogens with zero attached hydrogens (tertiary/aromatic N) is 1. The monoisotopic (exact) mass is 351 g/mol. The number of ether oxygens (including phenoxy) is 2. The molecule has 2 aromatic carbocycles. The molecule has 2 saturated heterocycles. The third-order valence-corrected chi connectivity index (χ3v) is 5.38. The van der Waals surface area contributed by atoms with Crippen LogP contribution in [-0.4, -0.2) is 29.2 Å². The zero-order valence-corrected chi connectivity index (χ0v) is 15.0. The molecule has 0 radical (unpaired) electrons. The minimum Gasteiger partial charge on any atom is -0.368 e. The summed E-state index contributed by atoms with van der Waals surface area (Å²) in [6.07, 6.45) is 3.11. The molecule has 0 bridgehead atoms. The van der Waals surface area contributed by atoms with Crippen LogP contribution in [-0.2, 0) is 27.4 Å². The first-order chi connectivity index (χ1) is 12.8. The van der Waals surface area contributed by atoms with Gasteiger partial charge in [-0.2, -0.15) is 0 Å². The van der Waals surface area contributed by atoms with Crippen LogP contribution >= 0.6 is 0 Å². The first-order valence-electron chi connectivity index (χ1n) is 9.42. The lowest BCUT2D eigenvalue weighted by Gasteiger charge is -2.44. The summed E-state index contributed by atoms with van der Waals surface area (Å²) in [6, 6.07) is 20.2. The third kappa shape index (κ3) is 3.39. The van der Waals surface area contributed by atoms with Gasteiger partial charge in [-0.15, -0.1) is 0 Å². The average Bonchev–Trinajstić information content (AvgIpc) is 2.94. The molecule has 0 N–H and O–H groups in total. The highest BCUT2D eigenvalue weighted by Gasteiger charge is 2.55. The van der Waals surface area contributed by atoms with Gasteiger partial charge in [0, 0.05) is 13.2 Å². The third-order valence-electron chi connectivity index (χ3n) is 5.38. The molecule has 1 amide bonds. The van der Waals surface area contributed by atoms with Crippen LogP contribution in [0.2, 0.25) is 0 Å². The number of rotatable bonds is 5. The van der Waals surface area contributed by atoms with Crippen molar-refractivity contribution < 1.29 is 14.3 Å². The summed E-state index contributed by atoms with van der Waals surface area (Å²) in [5.74, 6) is 0.119. The van der Waals surface area contributed by atoms with Crippen molar-refractivity contribution in [2.24, 2.45) is 0 Å². The Morgan fingerprint density at radius 3 is 2.35 bits per heavy atom. The Labute approximate surface area is 154 Å². The molecule has 2 aliphatic rings. The Morgan fingerprint density at radius 1 is 1.00 bits per heavy atom. The topological polar surface area (TPSA) is 38.8 Å². The summed E-state index contributed by atoms with van der Waals surface area (Å²) >= 11 is 0. The molecule has 2 aromatic rings. The average molecular weight is 351 g/mol. The van der Waals surface area contributed by atoms with Crippen LogP contribution in [0.5, 0.6) is 0 Å². The minimum absolute atomic E-state index is 0.119. The summed E-state index contributed by atoms with van der Waals surface area (Å²) in [5, 5.41) is 0. The van der Waals surface area contributed by atoms with E-state index in [2.05, 4.69) is 12.1 Å². The van der Waals surface area contributed by atoms with Gasteiger partial charge in [0.1, 0.15) is 6.10 Å². The lowest BCUT2D eigenvalue weighted by atomic mass is 9.96. The standard InChI is InChI=1S/C22H25NO3/c24-21-15-20(25-17-19-11-5-2-6-12-19)22(13-7-8-14-26-22)23(21)16-18-9-3-1-4-10-18/h1-6,9-12,20H,7-8,13-17H2/t20?,22-/m1/s1. The summed E-state index contributed by atoms with van der Waals surface area (Å²) in [6.45, 7) is 1.76. The van der Waals surface area contributed by atoms with Gasteiger partial charge in [-0.1, -0.05) is 60.7 Å². The summed E-state index contributed by atoms with van der Waals surface area (Å²) in [5.41, 5.74) is 1.62. The number of carbonyl (C=O) groups excluding carboxylic acids is 1. The van der Waals surface area contributed by atoms with Gasteiger partial charge in [0.15, 0.2) is 5.72 Å². The van der Waals surface area contributed by atoms with Crippen molar-refractivity contribution in [1.82, 2.24) is 4.90 Å². The second kappa shape index (κ2) is 7.60. The van der Waals surface area contributed by atoms with Crippen molar-refractivity contribution in [2.45, 2.75) is 50.7 Å². The minimum atomic E-state index is -0.625. The van der Waals surface area contributed by atoms with E-state index in [0.717, 1.165) is 30.4 Å². The molecule has 2 fully saturated rings. The first-order valence-corrected chi connectivity index (χ1v) is 9.42. The van der Waals surface area contributed by atoms with Crippen molar-refractivity contribution in [3.63, 3.8) is 0 Å². The van der Waals surface area contributed by atoms with E-state index in [1.165, 1.54) is 0 Å². The van der Waals surface area contributed by atoms with Crippen molar-refractivity contribution in [1.29, 1.82) is 0 Å². The zero-order valence-electron chi connectivity index (χ0n) is 15.0. The van der Waals surface area contributed by atoms with Crippen molar-refractivity contribution in [3.8, 4) is 0 Å². The Balaban J connectivity index is 1.55. The molecule has 2 heterocycles. The summed E-state index contributed by atoms with van der Waals surface area (Å²) in [7, 11) is 0. The molecule has 4 heteroatoms. The van der Waals surface area contributed by atoms with Crippen LogP contribution in [0, 0.1) is 0 Å². The van der Waals surface area contributed by atoms with E-state index in [1.807, 2.05) is 53.4 Å². The molecule has 2 aliphatic heterocycles. The fraction of sp³-hybridized carbons (Fsp3) is 0.409. The molecule has 0 saturated carbocycles. The van der Waals surface area contributed by atoms with E-state index in [9.17, 15) is 4.79 Å². The van der Waals surface area contributed by atoms with E-state index < -0.39 is 5.72 Å². The molecule has 0 aromatic heterocycles. The van der Waals surface area contributed by atoms with Gasteiger partial charge < -0.3 is 14.4 Å². The number of likely N-dealkylation sites (tertiary alicyclic amines) is 1. The number of amides is 1. The number of hydrogen-bond donors (Lipinski definition) is 0. The summed E-state index contributed by atoms with van der Waals surface area (Å²) in [4.78, 5) is 14.8. The number of carbonyl (C=O) groups is 1. The zero-order chi connectivity index (χ0) is 17.8. The maximum Gasteiger partial charge on any atom is 0.228 e. The van der Waals surface area contributed by atoms with Gasteiger partial charge in [0.05, 0.1) is 13.0 Å². The fourth-order valence-corrected chi connectivity index (χ4v) is 4.03. The fourth-order valence-electron chi connectivity index (χ4n) is 4.03. The smallest absolute Gasteiger partial charge is 0.228 e. The Morgan fingerprint density at radius 2 is 1.69 bits per heavy atom. The van der Waals surface area contributed by atoms with Crippen LogP contribution in [0.25, 0.3) is 0 Å². The number of benzene rings is 2. The molecular formula is C22H25NO3. The molecular weight excluding hydrogens is 326 g/mol. The van der Waals surface area contributed by atoms with Crippen LogP contribution in [0.3, 0.4) is 0 Å². The van der Waals surface area contributed by atoms with Crippen molar-refractivity contribution >= 4 is 5.91 Å². The second-order valence-corrected chi connectivity index (χ2v) is 7.11. The Kier molecular flexibility index (Phi) is 5.05. The molecule has 4 rings (SSSR count). The van der Waals surface area contributed by atoms with Crippen LogP contribution in [0.15, 0.2) is 60.7 Å².